The van der Waals surface area contributed by atoms with Crippen molar-refractivity contribution in [3.63, 3.8) is 0 Å². The van der Waals surface area contributed by atoms with Crippen LogP contribution in [0.5, 0.6) is 5.75 Å². The number of hydrogen-bond acceptors (Lipinski definition) is 5. The van der Waals surface area contributed by atoms with Crippen molar-refractivity contribution in [3.8, 4) is 5.75 Å². The molecule has 5 nitrogen and oxygen atoms in total. The average molecular weight is 436 g/mol. The summed E-state index contributed by atoms with van der Waals surface area (Å²) >= 11 is 1.55. The highest BCUT2D eigenvalue weighted by molar-refractivity contribution is 8.00. The third-order valence-corrected chi connectivity index (χ3v) is 7.12. The summed E-state index contributed by atoms with van der Waals surface area (Å²) in [6.07, 6.45) is 4.67. The Labute approximate surface area is 188 Å². The molecule has 31 heavy (non-hydrogen) atoms. The molecule has 1 aliphatic rings. The SMILES string of the molecule is CCc1ccc(OCc2nnc(S[C@H]3CCCCC3=O)n2[C@H](C)c2ccccc2)cc1. The minimum atomic E-state index is -0.0324. The second-order valence-corrected chi connectivity index (χ2v) is 9.13. The maximum atomic E-state index is 12.4. The van der Waals surface area contributed by atoms with Crippen LogP contribution in [0.1, 0.15) is 62.5 Å². The zero-order valence-corrected chi connectivity index (χ0v) is 19.0. The van der Waals surface area contributed by atoms with E-state index in [1.54, 1.807) is 11.8 Å². The van der Waals surface area contributed by atoms with Crippen LogP contribution in [0.25, 0.3) is 0 Å². The van der Waals surface area contributed by atoms with Gasteiger partial charge in [-0.15, -0.1) is 10.2 Å². The van der Waals surface area contributed by atoms with Crippen molar-refractivity contribution >= 4 is 17.5 Å². The molecule has 2 aromatic carbocycles. The molecule has 0 aliphatic heterocycles. The van der Waals surface area contributed by atoms with Crippen LogP contribution < -0.4 is 4.74 Å². The number of Topliss-reactive ketones (excluding diaryl/α,β-unsaturated/α-hetero) is 1. The van der Waals surface area contributed by atoms with Gasteiger partial charge in [-0.2, -0.15) is 0 Å². The van der Waals surface area contributed by atoms with Crippen molar-refractivity contribution in [2.24, 2.45) is 0 Å². The van der Waals surface area contributed by atoms with E-state index in [-0.39, 0.29) is 11.3 Å². The standard InChI is InChI=1S/C25H29N3O2S/c1-3-19-13-15-21(16-14-19)30-17-24-26-27-25(31-23-12-8-7-11-22(23)29)28(24)18(2)20-9-5-4-6-10-20/h4-6,9-10,13-16,18,23H,3,7-8,11-12,17H2,1-2H3/t18-,23+/m1/s1. The molecule has 3 aromatic rings. The van der Waals surface area contributed by atoms with E-state index in [0.717, 1.165) is 42.4 Å². The molecule has 0 amide bonds. The lowest BCUT2D eigenvalue weighted by atomic mass is 9.99. The topological polar surface area (TPSA) is 57.0 Å². The fraction of sp³-hybridized carbons (Fsp3) is 0.400. The summed E-state index contributed by atoms with van der Waals surface area (Å²) in [7, 11) is 0. The molecule has 4 rings (SSSR count). The summed E-state index contributed by atoms with van der Waals surface area (Å²) in [6, 6.07) is 18.5. The van der Waals surface area contributed by atoms with Crippen LogP contribution in [0.15, 0.2) is 59.8 Å². The summed E-state index contributed by atoms with van der Waals surface area (Å²) in [5.41, 5.74) is 2.46. The van der Waals surface area contributed by atoms with Crippen LogP contribution in [0, 0.1) is 0 Å². The lowest BCUT2D eigenvalue weighted by Gasteiger charge is -2.22. The molecule has 0 radical (unpaired) electrons. The van der Waals surface area contributed by atoms with Crippen molar-refractivity contribution < 1.29 is 9.53 Å². The van der Waals surface area contributed by atoms with Gasteiger partial charge < -0.3 is 4.74 Å². The summed E-state index contributed by atoms with van der Waals surface area (Å²) in [6.45, 7) is 4.61. The van der Waals surface area contributed by atoms with Gasteiger partial charge in [0.2, 0.25) is 0 Å². The second kappa shape index (κ2) is 10.1. The van der Waals surface area contributed by atoms with Crippen LogP contribution in [0.2, 0.25) is 0 Å². The number of benzene rings is 2. The first-order chi connectivity index (χ1) is 15.2. The van der Waals surface area contributed by atoms with Crippen LogP contribution in [-0.4, -0.2) is 25.8 Å². The number of ether oxygens (including phenoxy) is 1. The Kier molecular flexibility index (Phi) is 7.07. The van der Waals surface area contributed by atoms with E-state index in [0.29, 0.717) is 18.8 Å². The minimum absolute atomic E-state index is 0.0324. The first-order valence-corrected chi connectivity index (χ1v) is 11.9. The summed E-state index contributed by atoms with van der Waals surface area (Å²) in [4.78, 5) is 12.4. The number of ketones is 1. The molecule has 1 aromatic heterocycles. The van der Waals surface area contributed by atoms with E-state index in [1.165, 1.54) is 11.1 Å². The van der Waals surface area contributed by atoms with Crippen molar-refractivity contribution in [1.29, 1.82) is 0 Å². The van der Waals surface area contributed by atoms with Gasteiger partial charge in [0, 0.05) is 6.42 Å². The van der Waals surface area contributed by atoms with E-state index in [4.69, 9.17) is 4.74 Å². The van der Waals surface area contributed by atoms with E-state index >= 15 is 0 Å². The average Bonchev–Trinajstić information content (AvgIpc) is 3.22. The zero-order valence-electron chi connectivity index (χ0n) is 18.2. The van der Waals surface area contributed by atoms with Crippen molar-refractivity contribution in [2.45, 2.75) is 69.0 Å². The fourth-order valence-electron chi connectivity index (χ4n) is 3.93. The molecule has 0 spiro atoms. The van der Waals surface area contributed by atoms with Gasteiger partial charge in [0.15, 0.2) is 11.0 Å². The Hall–Kier alpha value is -2.60. The molecule has 1 heterocycles. The summed E-state index contributed by atoms with van der Waals surface area (Å²) in [5, 5.41) is 9.69. The summed E-state index contributed by atoms with van der Waals surface area (Å²) < 4.78 is 8.17. The monoisotopic (exact) mass is 435 g/mol. The number of thioether (sulfide) groups is 1. The van der Waals surface area contributed by atoms with Crippen molar-refractivity contribution in [3.05, 3.63) is 71.5 Å². The Bertz CT molecular complexity index is 1000. The number of nitrogens with zero attached hydrogens (tertiary/aromatic N) is 3. The molecular weight excluding hydrogens is 406 g/mol. The highest BCUT2D eigenvalue weighted by Gasteiger charge is 2.28. The molecule has 2 atom stereocenters. The predicted molar refractivity (Wildman–Crippen MR) is 124 cm³/mol. The molecule has 1 saturated carbocycles. The molecule has 0 saturated heterocycles. The van der Waals surface area contributed by atoms with Crippen molar-refractivity contribution in [2.75, 3.05) is 0 Å². The normalized spacial score (nSPS) is 17.5. The third-order valence-electron chi connectivity index (χ3n) is 5.85. The van der Waals surface area contributed by atoms with Gasteiger partial charge in [-0.3, -0.25) is 9.36 Å². The van der Waals surface area contributed by atoms with Gasteiger partial charge in [-0.25, -0.2) is 0 Å². The van der Waals surface area contributed by atoms with Gasteiger partial charge in [0.25, 0.3) is 0 Å². The smallest absolute Gasteiger partial charge is 0.192 e. The van der Waals surface area contributed by atoms with Crippen LogP contribution >= 0.6 is 11.8 Å². The van der Waals surface area contributed by atoms with Gasteiger partial charge in [0.05, 0.1) is 11.3 Å². The Balaban J connectivity index is 1.59. The molecular formula is C25H29N3O2S. The maximum absolute atomic E-state index is 12.4. The first kappa shape index (κ1) is 21.6. The third kappa shape index (κ3) is 5.18. The Morgan fingerprint density at radius 2 is 1.87 bits per heavy atom. The number of hydrogen-bond donors (Lipinski definition) is 0. The molecule has 0 bridgehead atoms. The first-order valence-electron chi connectivity index (χ1n) is 11.1. The number of aryl methyl sites for hydroxylation is 1. The molecule has 0 N–H and O–H groups in total. The van der Waals surface area contributed by atoms with Crippen LogP contribution in [0.3, 0.4) is 0 Å². The largest absolute Gasteiger partial charge is 0.486 e. The quantitative estimate of drug-likeness (QED) is 0.459. The lowest BCUT2D eigenvalue weighted by Crippen LogP contribution is -2.22. The van der Waals surface area contributed by atoms with Gasteiger partial charge >= 0.3 is 0 Å². The van der Waals surface area contributed by atoms with Crippen LogP contribution in [-0.2, 0) is 17.8 Å². The molecule has 162 valence electrons. The number of aromatic nitrogens is 3. The zero-order chi connectivity index (χ0) is 21.6. The minimum Gasteiger partial charge on any atom is -0.486 e. The van der Waals surface area contributed by atoms with E-state index in [2.05, 4.69) is 52.9 Å². The van der Waals surface area contributed by atoms with Gasteiger partial charge in [-0.05, 0) is 49.4 Å². The van der Waals surface area contributed by atoms with Crippen LogP contribution in [0.4, 0.5) is 0 Å². The molecule has 1 aliphatic carbocycles. The van der Waals surface area contributed by atoms with E-state index in [9.17, 15) is 4.79 Å². The number of carbonyl (C=O) groups is 1. The second-order valence-electron chi connectivity index (χ2n) is 7.96. The molecule has 1 fully saturated rings. The van der Waals surface area contributed by atoms with Gasteiger partial charge in [-0.1, -0.05) is 67.6 Å². The van der Waals surface area contributed by atoms with Gasteiger partial charge in [0.1, 0.15) is 18.1 Å². The maximum Gasteiger partial charge on any atom is 0.192 e. The Morgan fingerprint density at radius 1 is 1.10 bits per heavy atom. The molecule has 0 unspecified atom stereocenters. The Morgan fingerprint density at radius 3 is 2.58 bits per heavy atom. The highest BCUT2D eigenvalue weighted by atomic mass is 32.2. The highest BCUT2D eigenvalue weighted by Crippen LogP contribution is 2.34. The van der Waals surface area contributed by atoms with Crippen molar-refractivity contribution in [1.82, 2.24) is 14.8 Å². The molecule has 6 heteroatoms. The number of rotatable bonds is 8. The summed E-state index contributed by atoms with van der Waals surface area (Å²) in [5.74, 6) is 1.91. The lowest BCUT2D eigenvalue weighted by molar-refractivity contribution is -0.119. The number of carbonyl (C=O) groups excluding carboxylic acids is 1. The van der Waals surface area contributed by atoms with E-state index < -0.39 is 0 Å². The fourth-order valence-corrected chi connectivity index (χ4v) is 5.18. The predicted octanol–water partition coefficient (Wildman–Crippen LogP) is 5.63. The van der Waals surface area contributed by atoms with E-state index in [1.807, 2.05) is 30.3 Å².